The van der Waals surface area contributed by atoms with Crippen LogP contribution in [0.15, 0.2) is 63.3 Å². The summed E-state index contributed by atoms with van der Waals surface area (Å²) in [5.41, 5.74) is 3.30. The molecular weight excluding hydrogens is 398 g/mol. The van der Waals surface area contributed by atoms with Crippen molar-refractivity contribution in [2.75, 3.05) is 14.2 Å². The molecule has 0 spiro atoms. The smallest absolute Gasteiger partial charge is 0.273 e. The third-order valence-corrected chi connectivity index (χ3v) is 4.05. The van der Waals surface area contributed by atoms with Crippen molar-refractivity contribution in [2.45, 2.75) is 13.5 Å². The van der Waals surface area contributed by atoms with Crippen LogP contribution >= 0.6 is 15.9 Å². The van der Waals surface area contributed by atoms with Gasteiger partial charge in [0.05, 0.1) is 5.71 Å². The number of halogens is 1. The average Bonchev–Trinajstić information content (AvgIpc) is 2.66. The standard InChI is InChI=1S/C19H20BrN3O3/c1-13(14-8-6-9-16(20)11-14)22-26-12-15-7-4-5-10-17(15)18(23-25-3)19(24)21-2/h4-11H,12H2,1-3H3,(H,21,24)/b22-13+,23-18+. The molecule has 0 atom stereocenters. The lowest BCUT2D eigenvalue weighted by atomic mass is 10.0. The molecule has 136 valence electrons. The van der Waals surface area contributed by atoms with E-state index >= 15 is 0 Å². The molecule has 0 saturated heterocycles. The fourth-order valence-corrected chi connectivity index (χ4v) is 2.66. The number of carbonyl (C=O) groups is 1. The molecule has 0 bridgehead atoms. The molecule has 0 heterocycles. The quantitative estimate of drug-likeness (QED) is 0.553. The first-order valence-corrected chi connectivity index (χ1v) is 8.70. The van der Waals surface area contributed by atoms with E-state index in [1.165, 1.54) is 14.2 Å². The van der Waals surface area contributed by atoms with Crippen molar-refractivity contribution in [1.82, 2.24) is 5.32 Å². The van der Waals surface area contributed by atoms with Crippen LogP contribution in [0.2, 0.25) is 0 Å². The van der Waals surface area contributed by atoms with Crippen molar-refractivity contribution in [3.63, 3.8) is 0 Å². The van der Waals surface area contributed by atoms with Gasteiger partial charge in [-0.25, -0.2) is 0 Å². The number of hydrogen-bond donors (Lipinski definition) is 1. The van der Waals surface area contributed by atoms with Gasteiger partial charge in [-0.2, -0.15) is 0 Å². The molecule has 7 heteroatoms. The predicted molar refractivity (Wildman–Crippen MR) is 105 cm³/mol. The molecule has 1 N–H and O–H groups in total. The number of benzene rings is 2. The van der Waals surface area contributed by atoms with Crippen molar-refractivity contribution in [3.05, 3.63) is 69.7 Å². The van der Waals surface area contributed by atoms with Gasteiger partial charge < -0.3 is 15.0 Å². The molecule has 1 amide bonds. The second-order valence-electron chi connectivity index (χ2n) is 5.32. The fraction of sp³-hybridized carbons (Fsp3) is 0.211. The lowest BCUT2D eigenvalue weighted by Gasteiger charge is -2.10. The summed E-state index contributed by atoms with van der Waals surface area (Å²) in [5, 5.41) is 10.6. The van der Waals surface area contributed by atoms with Crippen molar-refractivity contribution >= 4 is 33.3 Å². The van der Waals surface area contributed by atoms with Crippen molar-refractivity contribution in [3.8, 4) is 0 Å². The third kappa shape index (κ3) is 5.16. The summed E-state index contributed by atoms with van der Waals surface area (Å²) in [7, 11) is 2.94. The molecule has 2 aromatic rings. The van der Waals surface area contributed by atoms with E-state index in [4.69, 9.17) is 9.68 Å². The number of likely N-dealkylation sites (N-methyl/N-ethyl adjacent to an activating group) is 1. The Bertz CT molecular complexity index is 834. The van der Waals surface area contributed by atoms with E-state index in [1.54, 1.807) is 6.07 Å². The van der Waals surface area contributed by atoms with E-state index in [2.05, 4.69) is 31.6 Å². The highest BCUT2D eigenvalue weighted by atomic mass is 79.9. The van der Waals surface area contributed by atoms with Crippen molar-refractivity contribution in [2.24, 2.45) is 10.3 Å². The molecule has 0 aliphatic rings. The lowest BCUT2D eigenvalue weighted by molar-refractivity contribution is -0.114. The Labute approximate surface area is 161 Å². The maximum Gasteiger partial charge on any atom is 0.273 e. The molecule has 0 aliphatic carbocycles. The summed E-state index contributed by atoms with van der Waals surface area (Å²) >= 11 is 3.44. The molecule has 0 saturated carbocycles. The van der Waals surface area contributed by atoms with Gasteiger partial charge in [0.2, 0.25) is 0 Å². The van der Waals surface area contributed by atoms with Crippen LogP contribution in [0.3, 0.4) is 0 Å². The van der Waals surface area contributed by atoms with E-state index in [1.807, 2.05) is 49.4 Å². The predicted octanol–water partition coefficient (Wildman–Crippen LogP) is 3.49. The number of amides is 1. The summed E-state index contributed by atoms with van der Waals surface area (Å²) in [6, 6.07) is 15.1. The molecule has 0 unspecified atom stereocenters. The van der Waals surface area contributed by atoms with Gasteiger partial charge in [-0.15, -0.1) is 0 Å². The molecule has 0 aliphatic heterocycles. The Morgan fingerprint density at radius 1 is 1.15 bits per heavy atom. The number of oxime groups is 2. The van der Waals surface area contributed by atoms with Crippen molar-refractivity contribution in [1.29, 1.82) is 0 Å². The summed E-state index contributed by atoms with van der Waals surface area (Å²) in [6.07, 6.45) is 0. The maximum atomic E-state index is 12.1. The number of nitrogens with zero attached hydrogens (tertiary/aromatic N) is 2. The van der Waals surface area contributed by atoms with Gasteiger partial charge in [-0.1, -0.05) is 62.6 Å². The van der Waals surface area contributed by atoms with Crippen LogP contribution in [0.5, 0.6) is 0 Å². The highest BCUT2D eigenvalue weighted by Gasteiger charge is 2.17. The van der Waals surface area contributed by atoms with Gasteiger partial charge in [0, 0.05) is 28.2 Å². The molecule has 2 rings (SSSR count). The highest BCUT2D eigenvalue weighted by molar-refractivity contribution is 9.10. The summed E-state index contributed by atoms with van der Waals surface area (Å²) < 4.78 is 0.973. The topological polar surface area (TPSA) is 72.3 Å². The fourth-order valence-electron chi connectivity index (χ4n) is 2.26. The molecule has 0 aromatic heterocycles. The SMILES string of the molecule is CNC(=O)/C(=N/OC)c1ccccc1CO/N=C(\C)c1cccc(Br)c1. The lowest BCUT2D eigenvalue weighted by Crippen LogP contribution is -2.29. The van der Waals surface area contributed by atoms with E-state index in [0.717, 1.165) is 21.3 Å². The first-order chi connectivity index (χ1) is 12.6. The Balaban J connectivity index is 2.19. The van der Waals surface area contributed by atoms with E-state index in [0.29, 0.717) is 5.56 Å². The zero-order chi connectivity index (χ0) is 18.9. The normalized spacial score (nSPS) is 11.8. The van der Waals surface area contributed by atoms with Gasteiger partial charge in [-0.3, -0.25) is 4.79 Å². The van der Waals surface area contributed by atoms with Crippen LogP contribution in [0, 0.1) is 0 Å². The Kier molecular flexibility index (Phi) is 7.35. The van der Waals surface area contributed by atoms with Crippen LogP contribution in [-0.2, 0) is 21.1 Å². The minimum atomic E-state index is -0.340. The second kappa shape index (κ2) is 9.72. The summed E-state index contributed by atoms with van der Waals surface area (Å²) in [4.78, 5) is 22.4. The second-order valence-corrected chi connectivity index (χ2v) is 6.23. The molecular formula is C19H20BrN3O3. The van der Waals surface area contributed by atoms with Gasteiger partial charge in [0.15, 0.2) is 5.71 Å². The van der Waals surface area contributed by atoms with E-state index < -0.39 is 0 Å². The van der Waals surface area contributed by atoms with E-state index in [-0.39, 0.29) is 18.2 Å². The van der Waals surface area contributed by atoms with Gasteiger partial charge >= 0.3 is 0 Å². The van der Waals surface area contributed by atoms with Crippen LogP contribution in [0.1, 0.15) is 23.6 Å². The minimum absolute atomic E-state index is 0.182. The average molecular weight is 418 g/mol. The summed E-state index contributed by atoms with van der Waals surface area (Å²) in [5.74, 6) is -0.340. The third-order valence-electron chi connectivity index (χ3n) is 3.56. The maximum absolute atomic E-state index is 12.1. The van der Waals surface area contributed by atoms with Crippen LogP contribution in [0.4, 0.5) is 0 Å². The van der Waals surface area contributed by atoms with Gasteiger partial charge in [0.25, 0.3) is 5.91 Å². The highest BCUT2D eigenvalue weighted by Crippen LogP contribution is 2.15. The van der Waals surface area contributed by atoms with Gasteiger partial charge in [-0.05, 0) is 19.1 Å². The largest absolute Gasteiger partial charge is 0.398 e. The number of hydrogen-bond acceptors (Lipinski definition) is 5. The first kappa shape index (κ1) is 19.7. The van der Waals surface area contributed by atoms with Crippen LogP contribution in [0.25, 0.3) is 0 Å². The Morgan fingerprint density at radius 3 is 2.62 bits per heavy atom. The van der Waals surface area contributed by atoms with Crippen molar-refractivity contribution < 1.29 is 14.5 Å². The summed E-state index contributed by atoms with van der Waals surface area (Å²) in [6.45, 7) is 2.07. The van der Waals surface area contributed by atoms with Crippen LogP contribution < -0.4 is 5.32 Å². The Hall–Kier alpha value is -2.67. The zero-order valence-corrected chi connectivity index (χ0v) is 16.4. The first-order valence-electron chi connectivity index (χ1n) is 7.90. The molecule has 0 fully saturated rings. The number of carbonyl (C=O) groups excluding carboxylic acids is 1. The zero-order valence-electron chi connectivity index (χ0n) is 14.8. The molecule has 2 aromatic carbocycles. The molecule has 6 nitrogen and oxygen atoms in total. The number of rotatable bonds is 7. The number of nitrogens with one attached hydrogen (secondary N) is 1. The molecule has 0 radical (unpaired) electrons. The van der Waals surface area contributed by atoms with Crippen LogP contribution in [-0.4, -0.2) is 31.5 Å². The molecule has 26 heavy (non-hydrogen) atoms. The van der Waals surface area contributed by atoms with Gasteiger partial charge in [0.1, 0.15) is 13.7 Å². The van der Waals surface area contributed by atoms with E-state index in [9.17, 15) is 4.79 Å². The Morgan fingerprint density at radius 2 is 1.92 bits per heavy atom. The minimum Gasteiger partial charge on any atom is -0.398 e. The monoisotopic (exact) mass is 417 g/mol.